The summed E-state index contributed by atoms with van der Waals surface area (Å²) in [6, 6.07) is 0. The molecule has 10 heteroatoms. The van der Waals surface area contributed by atoms with Crippen molar-refractivity contribution in [3.8, 4) is 0 Å². The van der Waals surface area contributed by atoms with Crippen LogP contribution >= 0.6 is 0 Å². The monoisotopic (exact) mass is 321 g/mol. The fraction of sp³-hybridized carbons (Fsp3) is 1.00. The van der Waals surface area contributed by atoms with Crippen molar-refractivity contribution in [3.05, 3.63) is 0 Å². The molecule has 0 saturated heterocycles. The average Bonchev–Trinajstić information content (AvgIpc) is 2.45. The van der Waals surface area contributed by atoms with Crippen LogP contribution < -0.4 is 12.4 Å². The van der Waals surface area contributed by atoms with Gasteiger partial charge in [0.25, 0.3) is 0 Å². The Kier molecular flexibility index (Phi) is 15.4. The van der Waals surface area contributed by atoms with Crippen LogP contribution in [0.15, 0.2) is 0 Å². The number of nitrogens with zero attached hydrogens (tertiary/aromatic N) is 1. The van der Waals surface area contributed by atoms with Gasteiger partial charge < -0.3 is 37.9 Å². The Labute approximate surface area is 123 Å². The van der Waals surface area contributed by atoms with E-state index in [1.54, 1.807) is 0 Å². The topological polar surface area (TPSA) is 129 Å². The molecular weight excluding hydrogens is 298 g/mol. The van der Waals surface area contributed by atoms with Gasteiger partial charge in [0.05, 0.1) is 37.5 Å². The molecular formula is C10H24ClNO8. The number of hydroxylamine groups is 3. The molecule has 0 amide bonds. The van der Waals surface area contributed by atoms with E-state index in [0.29, 0.717) is 0 Å². The Morgan fingerprint density at radius 2 is 1.20 bits per heavy atom. The van der Waals surface area contributed by atoms with E-state index in [4.69, 9.17) is 34.9 Å². The summed E-state index contributed by atoms with van der Waals surface area (Å²) in [5.41, 5.74) is 0. The van der Waals surface area contributed by atoms with E-state index in [1.807, 2.05) is 0 Å². The van der Waals surface area contributed by atoms with Gasteiger partial charge in [-0.2, -0.15) is 0 Å². The van der Waals surface area contributed by atoms with Crippen LogP contribution in [0.2, 0.25) is 0 Å². The van der Waals surface area contributed by atoms with Gasteiger partial charge in [0.1, 0.15) is 19.8 Å². The van der Waals surface area contributed by atoms with E-state index in [1.165, 1.54) is 0 Å². The molecule has 0 bridgehead atoms. The maximum atomic E-state index is 9.32. The molecule has 0 aliphatic rings. The number of rotatable bonds is 13. The second-order valence-electron chi connectivity index (χ2n) is 3.63. The Balaban J connectivity index is 0. The second kappa shape index (κ2) is 13.9. The molecule has 0 aliphatic heterocycles. The van der Waals surface area contributed by atoms with Gasteiger partial charge in [-0.25, -0.2) is 0 Å². The molecule has 0 radical (unpaired) electrons. The summed E-state index contributed by atoms with van der Waals surface area (Å²) in [6.07, 6.45) is -0.857. The molecule has 0 saturated carbocycles. The molecule has 1 unspecified atom stereocenters. The van der Waals surface area contributed by atoms with Crippen molar-refractivity contribution in [1.29, 1.82) is 0 Å². The van der Waals surface area contributed by atoms with Crippen molar-refractivity contribution < 1.29 is 57.4 Å². The zero-order valence-electron chi connectivity index (χ0n) is 11.2. The predicted octanol–water partition coefficient (Wildman–Crippen LogP) is -5.68. The highest BCUT2D eigenvalue weighted by Crippen LogP contribution is 2.14. The Morgan fingerprint density at radius 1 is 0.800 bits per heavy atom. The van der Waals surface area contributed by atoms with Gasteiger partial charge in [0.15, 0.2) is 6.54 Å². The van der Waals surface area contributed by atoms with E-state index >= 15 is 0 Å². The van der Waals surface area contributed by atoms with Crippen molar-refractivity contribution in [3.63, 3.8) is 0 Å². The first kappa shape index (κ1) is 22.2. The lowest BCUT2D eigenvalue weighted by molar-refractivity contribution is -1.37. The fourth-order valence-corrected chi connectivity index (χ4v) is 1.24. The van der Waals surface area contributed by atoms with E-state index in [-0.39, 0.29) is 65.0 Å². The second-order valence-corrected chi connectivity index (χ2v) is 3.63. The summed E-state index contributed by atoms with van der Waals surface area (Å²) in [7, 11) is 0. The molecule has 0 aliphatic carbocycles. The number of quaternary nitrogens is 1. The van der Waals surface area contributed by atoms with Crippen LogP contribution in [0.4, 0.5) is 0 Å². The van der Waals surface area contributed by atoms with Crippen LogP contribution in [0.1, 0.15) is 6.42 Å². The average molecular weight is 322 g/mol. The van der Waals surface area contributed by atoms with E-state index < -0.39 is 17.7 Å². The maximum absolute atomic E-state index is 9.32. The van der Waals surface area contributed by atoms with Crippen molar-refractivity contribution in [1.82, 2.24) is 0 Å². The zero-order chi connectivity index (χ0) is 14.6. The predicted molar refractivity (Wildman–Crippen MR) is 62.0 cm³/mol. The number of aliphatic hydroxyl groups excluding tert-OH is 5. The highest BCUT2D eigenvalue weighted by Gasteiger charge is 2.35. The van der Waals surface area contributed by atoms with Crippen LogP contribution in [-0.2, 0) is 14.5 Å². The van der Waals surface area contributed by atoms with Crippen LogP contribution in [0, 0.1) is 0 Å². The lowest BCUT2D eigenvalue weighted by Gasteiger charge is -2.29. The van der Waals surface area contributed by atoms with Gasteiger partial charge in [0.2, 0.25) is 0 Å². The Hall–Kier alpha value is -0.0700. The highest BCUT2D eigenvalue weighted by atomic mass is 35.5. The quantitative estimate of drug-likeness (QED) is 0.168. The first-order chi connectivity index (χ1) is 9.14. The molecule has 124 valence electrons. The molecule has 0 aromatic rings. The summed E-state index contributed by atoms with van der Waals surface area (Å²) in [5, 5.41) is 44.4. The first-order valence-electron chi connectivity index (χ1n) is 6.07. The summed E-state index contributed by atoms with van der Waals surface area (Å²) >= 11 is 0. The van der Waals surface area contributed by atoms with Gasteiger partial charge in [-0.1, -0.05) is 0 Å². The van der Waals surface area contributed by atoms with Crippen LogP contribution in [0.3, 0.4) is 0 Å². The third kappa shape index (κ3) is 9.77. The normalized spacial score (nSPS) is 13.1. The van der Waals surface area contributed by atoms with Crippen molar-refractivity contribution >= 4 is 0 Å². The summed E-state index contributed by atoms with van der Waals surface area (Å²) in [5.74, 6) is 0. The third-order valence-corrected chi connectivity index (χ3v) is 2.08. The largest absolute Gasteiger partial charge is 1.00 e. The van der Waals surface area contributed by atoms with Crippen LogP contribution in [0.25, 0.3) is 0 Å². The van der Waals surface area contributed by atoms with Crippen LogP contribution in [0.5, 0.6) is 0 Å². The van der Waals surface area contributed by atoms with Gasteiger partial charge >= 0.3 is 0 Å². The van der Waals surface area contributed by atoms with E-state index in [9.17, 15) is 5.11 Å². The molecule has 0 rings (SSSR count). The smallest absolute Gasteiger partial charge is 0.180 e. The standard InChI is InChI=1S/C10H24NO8.ClH/c12-3-6-17-11(18-7-4-13,19-8-5-14)2-1-10(16)9-15;/h10,12-16H,1-9H2;1H/q+1;/p-1. The van der Waals surface area contributed by atoms with Gasteiger partial charge in [-0.15, -0.1) is 14.5 Å². The van der Waals surface area contributed by atoms with Gasteiger partial charge in [-0.3, -0.25) is 0 Å². The SMILES string of the molecule is OCCO[N+](CCC(O)CO)(OCCO)OCCO.[Cl-]. The van der Waals surface area contributed by atoms with Crippen LogP contribution in [-0.4, -0.2) is 89.4 Å². The minimum Gasteiger partial charge on any atom is -1.00 e. The van der Waals surface area contributed by atoms with Crippen molar-refractivity contribution in [2.45, 2.75) is 12.5 Å². The highest BCUT2D eigenvalue weighted by molar-refractivity contribution is 4.49. The molecule has 0 spiro atoms. The maximum Gasteiger partial charge on any atom is 0.180 e. The summed E-state index contributed by atoms with van der Waals surface area (Å²) in [4.78, 5) is 14.8. The Bertz CT molecular complexity index is 190. The van der Waals surface area contributed by atoms with E-state index in [0.717, 1.165) is 0 Å². The third-order valence-electron chi connectivity index (χ3n) is 2.08. The zero-order valence-corrected chi connectivity index (χ0v) is 12.0. The molecule has 0 heterocycles. The summed E-state index contributed by atoms with van der Waals surface area (Å²) in [6.45, 7) is -1.49. The molecule has 0 aromatic heterocycles. The molecule has 0 aromatic carbocycles. The Morgan fingerprint density at radius 3 is 1.50 bits per heavy atom. The lowest BCUT2D eigenvalue weighted by atomic mass is 10.3. The van der Waals surface area contributed by atoms with Crippen molar-refractivity contribution in [2.24, 2.45) is 0 Å². The minimum atomic E-state index is -0.967. The molecule has 0 fully saturated rings. The van der Waals surface area contributed by atoms with Gasteiger partial charge in [0, 0.05) is 6.42 Å². The fourth-order valence-electron chi connectivity index (χ4n) is 1.24. The summed E-state index contributed by atoms with van der Waals surface area (Å²) < 4.78 is 0. The molecule has 1 atom stereocenters. The van der Waals surface area contributed by atoms with Crippen molar-refractivity contribution in [2.75, 3.05) is 52.8 Å². The first-order valence-corrected chi connectivity index (χ1v) is 6.07. The number of hydrogen-bond donors (Lipinski definition) is 5. The number of halogens is 1. The number of aliphatic hydroxyl groups is 5. The molecule has 20 heavy (non-hydrogen) atoms. The lowest BCUT2D eigenvalue weighted by Crippen LogP contribution is -3.00. The minimum absolute atomic E-state index is 0. The molecule has 9 nitrogen and oxygen atoms in total. The van der Waals surface area contributed by atoms with Gasteiger partial charge in [-0.05, 0) is 0 Å². The molecule has 5 N–H and O–H groups in total. The van der Waals surface area contributed by atoms with E-state index in [2.05, 4.69) is 0 Å². The number of hydrogen-bond acceptors (Lipinski definition) is 8.